The normalized spacial score (nSPS) is 16.2. The SMILES string of the molecule is CNc1cnc(CN(CCC(C)C)C2CCCC2)cn1. The largest absolute Gasteiger partial charge is 0.372 e. The first kappa shape index (κ1) is 15.2. The Labute approximate surface area is 123 Å². The maximum atomic E-state index is 4.52. The number of hydrogen-bond acceptors (Lipinski definition) is 4. The molecule has 1 aliphatic rings. The molecule has 20 heavy (non-hydrogen) atoms. The van der Waals surface area contributed by atoms with Crippen molar-refractivity contribution in [1.82, 2.24) is 14.9 Å². The molecule has 1 aromatic heterocycles. The molecule has 0 atom stereocenters. The van der Waals surface area contributed by atoms with Gasteiger partial charge in [-0.25, -0.2) is 4.98 Å². The predicted molar refractivity (Wildman–Crippen MR) is 83.7 cm³/mol. The molecule has 0 unspecified atom stereocenters. The van der Waals surface area contributed by atoms with Gasteiger partial charge in [-0.1, -0.05) is 26.7 Å². The molecule has 0 aliphatic heterocycles. The number of nitrogens with zero attached hydrogens (tertiary/aromatic N) is 3. The van der Waals surface area contributed by atoms with Crippen molar-refractivity contribution in [1.29, 1.82) is 0 Å². The van der Waals surface area contributed by atoms with Crippen LogP contribution in [0.1, 0.15) is 51.6 Å². The number of aromatic nitrogens is 2. The topological polar surface area (TPSA) is 41.1 Å². The summed E-state index contributed by atoms with van der Waals surface area (Å²) in [6.07, 6.45) is 10.5. The van der Waals surface area contributed by atoms with Gasteiger partial charge in [-0.3, -0.25) is 9.88 Å². The molecule has 2 rings (SSSR count). The van der Waals surface area contributed by atoms with Crippen molar-refractivity contribution in [3.05, 3.63) is 18.1 Å². The van der Waals surface area contributed by atoms with Crippen LogP contribution in [0, 0.1) is 5.92 Å². The highest BCUT2D eigenvalue weighted by Crippen LogP contribution is 2.25. The molecule has 1 aromatic rings. The van der Waals surface area contributed by atoms with Crippen LogP contribution in [0.4, 0.5) is 5.82 Å². The van der Waals surface area contributed by atoms with Crippen LogP contribution in [0.5, 0.6) is 0 Å². The molecule has 0 saturated heterocycles. The fourth-order valence-corrected chi connectivity index (χ4v) is 2.86. The zero-order chi connectivity index (χ0) is 14.4. The van der Waals surface area contributed by atoms with E-state index in [0.29, 0.717) is 0 Å². The van der Waals surface area contributed by atoms with Gasteiger partial charge in [-0.05, 0) is 31.7 Å². The van der Waals surface area contributed by atoms with E-state index in [4.69, 9.17) is 0 Å². The number of nitrogens with one attached hydrogen (secondary N) is 1. The quantitative estimate of drug-likeness (QED) is 0.829. The molecule has 1 fully saturated rings. The summed E-state index contributed by atoms with van der Waals surface area (Å²) in [7, 11) is 1.87. The smallest absolute Gasteiger partial charge is 0.144 e. The predicted octanol–water partition coefficient (Wildman–Crippen LogP) is 3.31. The standard InChI is InChI=1S/C16H28N4/c1-13(2)8-9-20(15-6-4-5-7-15)12-14-10-19-16(17-3)11-18-14/h10-11,13,15H,4-9,12H2,1-3H3,(H,17,19). The Morgan fingerprint density at radius 2 is 2.00 bits per heavy atom. The number of anilines is 1. The Hall–Kier alpha value is -1.16. The molecule has 0 aromatic carbocycles. The van der Waals surface area contributed by atoms with Crippen molar-refractivity contribution < 1.29 is 0 Å². The second kappa shape index (κ2) is 7.58. The van der Waals surface area contributed by atoms with E-state index < -0.39 is 0 Å². The minimum Gasteiger partial charge on any atom is -0.372 e. The summed E-state index contributed by atoms with van der Waals surface area (Å²) in [4.78, 5) is 11.5. The lowest BCUT2D eigenvalue weighted by Crippen LogP contribution is -2.34. The van der Waals surface area contributed by atoms with Crippen LogP contribution in [-0.4, -0.2) is 34.5 Å². The molecule has 0 bridgehead atoms. The molecule has 4 nitrogen and oxygen atoms in total. The third-order valence-electron chi connectivity index (χ3n) is 4.16. The first-order valence-corrected chi connectivity index (χ1v) is 7.91. The molecular weight excluding hydrogens is 248 g/mol. The van der Waals surface area contributed by atoms with Crippen molar-refractivity contribution in [2.45, 2.75) is 58.5 Å². The lowest BCUT2D eigenvalue weighted by Gasteiger charge is -2.29. The Balaban J connectivity index is 1.97. The fourth-order valence-electron chi connectivity index (χ4n) is 2.86. The second-order valence-corrected chi connectivity index (χ2v) is 6.23. The Bertz CT molecular complexity index is 382. The minimum absolute atomic E-state index is 0.750. The molecule has 1 N–H and O–H groups in total. The van der Waals surface area contributed by atoms with E-state index in [9.17, 15) is 0 Å². The van der Waals surface area contributed by atoms with E-state index in [2.05, 4.69) is 34.0 Å². The van der Waals surface area contributed by atoms with Gasteiger partial charge in [-0.15, -0.1) is 0 Å². The van der Waals surface area contributed by atoms with E-state index >= 15 is 0 Å². The molecule has 112 valence electrons. The van der Waals surface area contributed by atoms with E-state index in [-0.39, 0.29) is 0 Å². The molecule has 1 heterocycles. The first-order chi connectivity index (χ1) is 9.69. The summed E-state index contributed by atoms with van der Waals surface area (Å²) >= 11 is 0. The van der Waals surface area contributed by atoms with Crippen molar-refractivity contribution >= 4 is 5.82 Å². The van der Waals surface area contributed by atoms with Crippen LogP contribution in [0.2, 0.25) is 0 Å². The van der Waals surface area contributed by atoms with Crippen molar-refractivity contribution in [3.8, 4) is 0 Å². The maximum Gasteiger partial charge on any atom is 0.144 e. The van der Waals surface area contributed by atoms with Crippen LogP contribution in [0.25, 0.3) is 0 Å². The van der Waals surface area contributed by atoms with Gasteiger partial charge < -0.3 is 5.32 Å². The van der Waals surface area contributed by atoms with Gasteiger partial charge >= 0.3 is 0 Å². The van der Waals surface area contributed by atoms with E-state index in [0.717, 1.165) is 30.0 Å². The zero-order valence-electron chi connectivity index (χ0n) is 13.1. The third kappa shape index (κ3) is 4.44. The highest BCUT2D eigenvalue weighted by molar-refractivity contribution is 5.29. The number of hydrogen-bond donors (Lipinski definition) is 1. The zero-order valence-corrected chi connectivity index (χ0v) is 13.1. The minimum atomic E-state index is 0.750. The Morgan fingerprint density at radius 3 is 2.55 bits per heavy atom. The molecule has 0 radical (unpaired) electrons. The van der Waals surface area contributed by atoms with Crippen molar-refractivity contribution in [3.63, 3.8) is 0 Å². The van der Waals surface area contributed by atoms with Gasteiger partial charge in [0.1, 0.15) is 5.82 Å². The molecule has 0 amide bonds. The second-order valence-electron chi connectivity index (χ2n) is 6.23. The van der Waals surface area contributed by atoms with Gasteiger partial charge in [0, 0.05) is 19.6 Å². The number of rotatable bonds is 7. The lowest BCUT2D eigenvalue weighted by atomic mass is 10.1. The third-order valence-corrected chi connectivity index (χ3v) is 4.16. The van der Waals surface area contributed by atoms with Gasteiger partial charge in [0.15, 0.2) is 0 Å². The van der Waals surface area contributed by atoms with Crippen LogP contribution in [0.15, 0.2) is 12.4 Å². The van der Waals surface area contributed by atoms with Crippen molar-refractivity contribution in [2.75, 3.05) is 18.9 Å². The van der Waals surface area contributed by atoms with E-state index in [1.165, 1.54) is 38.6 Å². The average Bonchev–Trinajstić information content (AvgIpc) is 2.98. The summed E-state index contributed by atoms with van der Waals surface area (Å²) in [6.45, 7) is 6.72. The van der Waals surface area contributed by atoms with Gasteiger partial charge in [0.05, 0.1) is 18.1 Å². The van der Waals surface area contributed by atoms with Crippen molar-refractivity contribution in [2.24, 2.45) is 5.92 Å². The van der Waals surface area contributed by atoms with E-state index in [1.807, 2.05) is 19.4 Å². The van der Waals surface area contributed by atoms with Crippen LogP contribution in [-0.2, 0) is 6.54 Å². The van der Waals surface area contributed by atoms with Crippen LogP contribution < -0.4 is 5.32 Å². The van der Waals surface area contributed by atoms with E-state index in [1.54, 1.807) is 0 Å². The van der Waals surface area contributed by atoms with Gasteiger partial charge in [-0.2, -0.15) is 0 Å². The summed E-state index contributed by atoms with van der Waals surface area (Å²) in [5.41, 5.74) is 1.08. The highest BCUT2D eigenvalue weighted by atomic mass is 15.2. The van der Waals surface area contributed by atoms with Crippen LogP contribution >= 0.6 is 0 Å². The summed E-state index contributed by atoms with van der Waals surface area (Å²) in [5, 5.41) is 3.02. The Morgan fingerprint density at radius 1 is 1.25 bits per heavy atom. The molecular formula is C16H28N4. The van der Waals surface area contributed by atoms with Gasteiger partial charge in [0.25, 0.3) is 0 Å². The molecule has 4 heteroatoms. The summed E-state index contributed by atoms with van der Waals surface area (Å²) < 4.78 is 0. The van der Waals surface area contributed by atoms with Crippen LogP contribution in [0.3, 0.4) is 0 Å². The average molecular weight is 276 g/mol. The summed E-state index contributed by atoms with van der Waals surface area (Å²) in [5.74, 6) is 1.60. The Kier molecular flexibility index (Phi) is 5.77. The summed E-state index contributed by atoms with van der Waals surface area (Å²) in [6, 6.07) is 0.750. The highest BCUT2D eigenvalue weighted by Gasteiger charge is 2.23. The van der Waals surface area contributed by atoms with Gasteiger partial charge in [0.2, 0.25) is 0 Å². The molecule has 0 spiro atoms. The fraction of sp³-hybridized carbons (Fsp3) is 0.750. The lowest BCUT2D eigenvalue weighted by molar-refractivity contribution is 0.177. The maximum absolute atomic E-state index is 4.52. The molecule has 1 aliphatic carbocycles. The first-order valence-electron chi connectivity index (χ1n) is 7.91. The molecule has 1 saturated carbocycles. The monoisotopic (exact) mass is 276 g/mol.